The van der Waals surface area contributed by atoms with Crippen LogP contribution in [0, 0.1) is 0 Å². The summed E-state index contributed by atoms with van der Waals surface area (Å²) in [5, 5.41) is 17.9. The number of nitrogen functional groups attached to an aromatic ring is 1. The molecular formula is C21H22N6O2. The van der Waals surface area contributed by atoms with E-state index in [0.29, 0.717) is 34.6 Å². The zero-order chi connectivity index (χ0) is 19.8. The number of para-hydroxylation sites is 2. The number of pyridine rings is 1. The molecule has 0 amide bonds. The van der Waals surface area contributed by atoms with Gasteiger partial charge in [-0.1, -0.05) is 12.1 Å². The van der Waals surface area contributed by atoms with Gasteiger partial charge < -0.3 is 20.6 Å². The van der Waals surface area contributed by atoms with Crippen molar-refractivity contribution >= 4 is 16.9 Å². The molecule has 5 rings (SSSR count). The number of nitrogens with zero attached hydrogens (tertiary/aromatic N) is 4. The minimum atomic E-state index is -0.143. The van der Waals surface area contributed by atoms with Gasteiger partial charge in [0.1, 0.15) is 11.3 Å². The second-order valence-electron chi connectivity index (χ2n) is 7.25. The molecule has 0 radical (unpaired) electrons. The van der Waals surface area contributed by atoms with Crippen molar-refractivity contribution in [2.24, 2.45) is 0 Å². The van der Waals surface area contributed by atoms with Crippen LogP contribution in [0.25, 0.3) is 33.7 Å². The molecule has 0 aliphatic carbocycles. The van der Waals surface area contributed by atoms with Gasteiger partial charge >= 0.3 is 0 Å². The van der Waals surface area contributed by atoms with Gasteiger partial charge in [0.2, 0.25) is 5.89 Å². The fourth-order valence-electron chi connectivity index (χ4n) is 3.83. The van der Waals surface area contributed by atoms with Crippen LogP contribution in [0.5, 0.6) is 0 Å². The SMILES string of the molecule is Nc1ncc(-c2cn(C3CCNCC3)nc2CO)cc1-c1nc2ccccc2o1. The van der Waals surface area contributed by atoms with Crippen LogP contribution in [0.3, 0.4) is 0 Å². The Bertz CT molecular complexity index is 1130. The van der Waals surface area contributed by atoms with Crippen molar-refractivity contribution < 1.29 is 9.52 Å². The molecular weight excluding hydrogens is 368 g/mol. The third kappa shape index (κ3) is 3.26. The third-order valence-electron chi connectivity index (χ3n) is 5.39. The van der Waals surface area contributed by atoms with E-state index in [1.807, 2.05) is 41.2 Å². The summed E-state index contributed by atoms with van der Waals surface area (Å²) in [6.07, 6.45) is 5.72. The summed E-state index contributed by atoms with van der Waals surface area (Å²) in [6.45, 7) is 1.80. The number of nitrogens with one attached hydrogen (secondary N) is 1. The van der Waals surface area contributed by atoms with Gasteiger partial charge in [0, 0.05) is 23.5 Å². The number of hydrogen-bond donors (Lipinski definition) is 3. The predicted molar refractivity (Wildman–Crippen MR) is 110 cm³/mol. The zero-order valence-electron chi connectivity index (χ0n) is 15.9. The van der Waals surface area contributed by atoms with Crippen LogP contribution in [0.2, 0.25) is 0 Å². The van der Waals surface area contributed by atoms with E-state index in [2.05, 4.69) is 20.4 Å². The molecule has 0 unspecified atom stereocenters. The van der Waals surface area contributed by atoms with Crippen LogP contribution in [-0.2, 0) is 6.61 Å². The average molecular weight is 390 g/mol. The molecule has 3 aromatic heterocycles. The van der Waals surface area contributed by atoms with Crippen LogP contribution in [-0.4, -0.2) is 37.9 Å². The summed E-state index contributed by atoms with van der Waals surface area (Å²) >= 11 is 0. The minimum absolute atomic E-state index is 0.143. The van der Waals surface area contributed by atoms with Gasteiger partial charge in [-0.25, -0.2) is 9.97 Å². The Labute approximate surface area is 167 Å². The number of piperidine rings is 1. The van der Waals surface area contributed by atoms with Crippen LogP contribution >= 0.6 is 0 Å². The molecule has 4 N–H and O–H groups in total. The Morgan fingerprint density at radius 2 is 2.03 bits per heavy atom. The molecule has 29 heavy (non-hydrogen) atoms. The normalized spacial score (nSPS) is 15.2. The van der Waals surface area contributed by atoms with Crippen LogP contribution in [0.4, 0.5) is 5.82 Å². The molecule has 8 heteroatoms. The van der Waals surface area contributed by atoms with Crippen LogP contribution in [0.15, 0.2) is 47.1 Å². The first-order valence-corrected chi connectivity index (χ1v) is 9.74. The Kier molecular flexibility index (Phi) is 4.49. The molecule has 0 saturated carbocycles. The second kappa shape index (κ2) is 7.31. The number of aliphatic hydroxyl groups excluding tert-OH is 1. The summed E-state index contributed by atoms with van der Waals surface area (Å²) in [5.74, 6) is 0.769. The number of benzene rings is 1. The van der Waals surface area contributed by atoms with Crippen molar-refractivity contribution in [2.45, 2.75) is 25.5 Å². The van der Waals surface area contributed by atoms with Crippen molar-refractivity contribution in [3.8, 4) is 22.6 Å². The van der Waals surface area contributed by atoms with E-state index in [9.17, 15) is 5.11 Å². The number of rotatable bonds is 4. The molecule has 0 atom stereocenters. The highest BCUT2D eigenvalue weighted by molar-refractivity contribution is 5.81. The van der Waals surface area contributed by atoms with Crippen molar-refractivity contribution in [2.75, 3.05) is 18.8 Å². The number of hydrogen-bond acceptors (Lipinski definition) is 7. The largest absolute Gasteiger partial charge is 0.436 e. The quantitative estimate of drug-likeness (QED) is 0.491. The maximum absolute atomic E-state index is 9.86. The number of aliphatic hydroxyl groups is 1. The molecule has 1 aromatic carbocycles. The highest BCUT2D eigenvalue weighted by Crippen LogP contribution is 2.33. The second-order valence-corrected chi connectivity index (χ2v) is 7.25. The van der Waals surface area contributed by atoms with Gasteiger partial charge in [-0.3, -0.25) is 4.68 Å². The maximum Gasteiger partial charge on any atom is 0.231 e. The first kappa shape index (κ1) is 17.8. The number of nitrogens with two attached hydrogens (primary N) is 1. The van der Waals surface area contributed by atoms with E-state index in [1.54, 1.807) is 6.20 Å². The first-order valence-electron chi connectivity index (χ1n) is 9.74. The standard InChI is InChI=1S/C21H22N6O2/c22-20-15(21-25-17-3-1-2-4-19(17)29-21)9-13(10-24-20)16-11-27(26-18(16)12-28)14-5-7-23-8-6-14/h1-4,9-11,14,23,28H,5-8,12H2,(H2,22,24). The van der Waals surface area contributed by atoms with Crippen molar-refractivity contribution in [3.63, 3.8) is 0 Å². The first-order chi connectivity index (χ1) is 14.2. The number of aromatic nitrogens is 4. The molecule has 1 fully saturated rings. The Morgan fingerprint density at radius 1 is 1.21 bits per heavy atom. The van der Waals surface area contributed by atoms with E-state index in [0.717, 1.165) is 42.6 Å². The molecule has 1 aliphatic rings. The predicted octanol–water partition coefficient (Wildman–Crippen LogP) is 2.75. The fourth-order valence-corrected chi connectivity index (χ4v) is 3.83. The van der Waals surface area contributed by atoms with Crippen LogP contribution < -0.4 is 11.1 Å². The summed E-state index contributed by atoms with van der Waals surface area (Å²) in [5.41, 5.74) is 10.5. The van der Waals surface area contributed by atoms with Gasteiger partial charge in [0.05, 0.1) is 23.9 Å². The highest BCUT2D eigenvalue weighted by atomic mass is 16.3. The Balaban J connectivity index is 1.56. The summed E-state index contributed by atoms with van der Waals surface area (Å²) < 4.78 is 7.84. The Hall–Kier alpha value is -3.23. The third-order valence-corrected chi connectivity index (χ3v) is 5.39. The molecule has 8 nitrogen and oxygen atoms in total. The fraction of sp³-hybridized carbons (Fsp3) is 0.286. The van der Waals surface area contributed by atoms with Crippen molar-refractivity contribution in [1.82, 2.24) is 25.1 Å². The molecule has 148 valence electrons. The van der Waals surface area contributed by atoms with E-state index >= 15 is 0 Å². The zero-order valence-corrected chi connectivity index (χ0v) is 15.9. The average Bonchev–Trinajstić information content (AvgIpc) is 3.39. The molecule has 4 aromatic rings. The van der Waals surface area contributed by atoms with Crippen LogP contribution in [0.1, 0.15) is 24.6 Å². The summed E-state index contributed by atoms with van der Waals surface area (Å²) in [4.78, 5) is 8.88. The van der Waals surface area contributed by atoms with E-state index in [-0.39, 0.29) is 6.61 Å². The minimum Gasteiger partial charge on any atom is -0.436 e. The lowest BCUT2D eigenvalue weighted by molar-refractivity contribution is 0.271. The van der Waals surface area contributed by atoms with E-state index < -0.39 is 0 Å². The van der Waals surface area contributed by atoms with Gasteiger partial charge in [0.15, 0.2) is 5.58 Å². The van der Waals surface area contributed by atoms with Crippen molar-refractivity contribution in [1.29, 1.82) is 0 Å². The van der Waals surface area contributed by atoms with Crippen molar-refractivity contribution in [3.05, 3.63) is 48.4 Å². The van der Waals surface area contributed by atoms with Gasteiger partial charge in [-0.2, -0.15) is 5.10 Å². The van der Waals surface area contributed by atoms with E-state index in [1.165, 1.54) is 0 Å². The van der Waals surface area contributed by atoms with Gasteiger partial charge in [-0.15, -0.1) is 0 Å². The lowest BCUT2D eigenvalue weighted by atomic mass is 10.1. The molecule has 0 bridgehead atoms. The number of fused-ring (bicyclic) bond motifs is 1. The highest BCUT2D eigenvalue weighted by Gasteiger charge is 2.20. The lowest BCUT2D eigenvalue weighted by Crippen LogP contribution is -2.29. The number of oxazole rings is 1. The Morgan fingerprint density at radius 3 is 2.83 bits per heavy atom. The maximum atomic E-state index is 9.86. The molecule has 1 saturated heterocycles. The van der Waals surface area contributed by atoms with Gasteiger partial charge in [0.25, 0.3) is 0 Å². The number of anilines is 1. The summed E-state index contributed by atoms with van der Waals surface area (Å²) in [7, 11) is 0. The van der Waals surface area contributed by atoms with Gasteiger partial charge in [-0.05, 0) is 44.1 Å². The lowest BCUT2D eigenvalue weighted by Gasteiger charge is -2.22. The molecule has 4 heterocycles. The topological polar surface area (TPSA) is 115 Å². The van der Waals surface area contributed by atoms with E-state index in [4.69, 9.17) is 10.2 Å². The monoisotopic (exact) mass is 390 g/mol. The smallest absolute Gasteiger partial charge is 0.231 e. The molecule has 1 aliphatic heterocycles. The molecule has 0 spiro atoms. The summed E-state index contributed by atoms with van der Waals surface area (Å²) in [6, 6.07) is 9.80.